The van der Waals surface area contributed by atoms with Gasteiger partial charge in [-0.3, -0.25) is 4.72 Å². The summed E-state index contributed by atoms with van der Waals surface area (Å²) >= 11 is 0. The third-order valence-electron chi connectivity index (χ3n) is 3.19. The summed E-state index contributed by atoms with van der Waals surface area (Å²) in [5, 5.41) is 8.87. The van der Waals surface area contributed by atoms with Gasteiger partial charge < -0.3 is 5.11 Å². The molecule has 2 rings (SSSR count). The third kappa shape index (κ3) is 3.85. The van der Waals surface area contributed by atoms with Crippen LogP contribution < -0.4 is 4.72 Å². The molecule has 2 N–H and O–H groups in total. The zero-order chi connectivity index (χ0) is 18.1. The minimum atomic E-state index is -4.66. The van der Waals surface area contributed by atoms with Crippen molar-refractivity contribution in [2.75, 3.05) is 4.72 Å². The van der Waals surface area contributed by atoms with Gasteiger partial charge in [0, 0.05) is 0 Å². The summed E-state index contributed by atoms with van der Waals surface area (Å²) < 4.78 is 64.8. The fourth-order valence-corrected chi connectivity index (χ4v) is 3.13. The Hall–Kier alpha value is -2.55. The molecule has 0 saturated carbocycles. The molecule has 0 unspecified atom stereocenters. The lowest BCUT2D eigenvalue weighted by Crippen LogP contribution is -2.15. The number of nitrogens with one attached hydrogen (secondary N) is 1. The van der Waals surface area contributed by atoms with Crippen molar-refractivity contribution in [3.63, 3.8) is 0 Å². The Balaban J connectivity index is 2.37. The minimum absolute atomic E-state index is 0.0329. The maximum atomic E-state index is 12.7. The minimum Gasteiger partial charge on any atom is -0.478 e. The van der Waals surface area contributed by atoms with Crippen LogP contribution in [0.15, 0.2) is 47.4 Å². The first kappa shape index (κ1) is 17.8. The maximum absolute atomic E-state index is 12.7. The second kappa shape index (κ2) is 6.16. The molecule has 5 nitrogen and oxygen atoms in total. The van der Waals surface area contributed by atoms with E-state index in [-0.39, 0.29) is 11.3 Å². The Morgan fingerprint density at radius 3 is 2.33 bits per heavy atom. The van der Waals surface area contributed by atoms with Gasteiger partial charge in [0.05, 0.1) is 21.7 Å². The van der Waals surface area contributed by atoms with Crippen molar-refractivity contribution < 1.29 is 31.5 Å². The van der Waals surface area contributed by atoms with Gasteiger partial charge in [-0.1, -0.05) is 6.07 Å². The lowest BCUT2D eigenvalue weighted by atomic mass is 10.1. The predicted octanol–water partition coefficient (Wildman–Crippen LogP) is 3.51. The van der Waals surface area contributed by atoms with Crippen LogP contribution >= 0.6 is 0 Å². The highest BCUT2D eigenvalue weighted by atomic mass is 32.2. The van der Waals surface area contributed by atoms with E-state index in [9.17, 15) is 26.4 Å². The molecule has 128 valence electrons. The number of sulfonamides is 1. The molecule has 2 aromatic carbocycles. The van der Waals surface area contributed by atoms with Gasteiger partial charge in [0.2, 0.25) is 0 Å². The Bertz CT molecular complexity index is 892. The van der Waals surface area contributed by atoms with E-state index < -0.39 is 32.6 Å². The van der Waals surface area contributed by atoms with Crippen molar-refractivity contribution in [3.05, 3.63) is 59.2 Å². The first-order valence-electron chi connectivity index (χ1n) is 6.55. The standard InChI is InChI=1S/C15H12F3NO4S/c1-9-7-10(14(20)21)5-6-13(9)19-24(22,23)12-4-2-3-11(8-12)15(16,17)18/h2-8,19H,1H3,(H,20,21). The summed E-state index contributed by atoms with van der Waals surface area (Å²) in [6, 6.07) is 7.03. The molecule has 0 aliphatic heterocycles. The molecule has 0 atom stereocenters. The van der Waals surface area contributed by atoms with Crippen LogP contribution in [0.1, 0.15) is 21.5 Å². The summed E-state index contributed by atoms with van der Waals surface area (Å²) in [6.45, 7) is 1.48. The lowest BCUT2D eigenvalue weighted by Gasteiger charge is -2.13. The summed E-state index contributed by atoms with van der Waals surface area (Å²) in [6.07, 6.45) is -4.66. The molecule has 2 aromatic rings. The second-order valence-electron chi connectivity index (χ2n) is 4.97. The SMILES string of the molecule is Cc1cc(C(=O)O)ccc1NS(=O)(=O)c1cccc(C(F)(F)F)c1. The maximum Gasteiger partial charge on any atom is 0.416 e. The van der Waals surface area contributed by atoms with E-state index in [1.807, 2.05) is 0 Å². The molecule has 0 fully saturated rings. The van der Waals surface area contributed by atoms with Crippen LogP contribution in [-0.2, 0) is 16.2 Å². The Morgan fingerprint density at radius 2 is 1.79 bits per heavy atom. The first-order chi connectivity index (χ1) is 11.0. The number of carboxylic acids is 1. The summed E-state index contributed by atoms with van der Waals surface area (Å²) in [5.41, 5.74) is -0.708. The van der Waals surface area contributed by atoms with Crippen molar-refractivity contribution in [2.45, 2.75) is 18.0 Å². The number of rotatable bonds is 4. The van der Waals surface area contributed by atoms with Crippen LogP contribution in [0.3, 0.4) is 0 Å². The van der Waals surface area contributed by atoms with Crippen molar-refractivity contribution in [2.24, 2.45) is 0 Å². The van der Waals surface area contributed by atoms with E-state index in [0.717, 1.165) is 18.2 Å². The number of alkyl halides is 3. The van der Waals surface area contributed by atoms with Gasteiger partial charge in [-0.05, 0) is 48.9 Å². The Morgan fingerprint density at radius 1 is 1.12 bits per heavy atom. The molecule has 9 heteroatoms. The number of carbonyl (C=O) groups is 1. The van der Waals surface area contributed by atoms with Crippen LogP contribution in [0.25, 0.3) is 0 Å². The average Bonchev–Trinajstić information content (AvgIpc) is 2.48. The number of anilines is 1. The van der Waals surface area contributed by atoms with Gasteiger partial charge in [0.15, 0.2) is 0 Å². The zero-order valence-electron chi connectivity index (χ0n) is 12.3. The first-order valence-corrected chi connectivity index (χ1v) is 8.03. The number of hydrogen-bond acceptors (Lipinski definition) is 3. The van der Waals surface area contributed by atoms with Crippen molar-refractivity contribution in [3.8, 4) is 0 Å². The fourth-order valence-electron chi connectivity index (χ4n) is 1.95. The predicted molar refractivity (Wildman–Crippen MR) is 80.4 cm³/mol. The highest BCUT2D eigenvalue weighted by Gasteiger charge is 2.31. The van der Waals surface area contributed by atoms with Gasteiger partial charge in [-0.25, -0.2) is 13.2 Å². The lowest BCUT2D eigenvalue weighted by molar-refractivity contribution is -0.137. The van der Waals surface area contributed by atoms with E-state index >= 15 is 0 Å². The highest BCUT2D eigenvalue weighted by molar-refractivity contribution is 7.92. The number of carboxylic acid groups (broad SMARTS) is 1. The number of benzene rings is 2. The number of hydrogen-bond donors (Lipinski definition) is 2. The summed E-state index contributed by atoms with van der Waals surface area (Å²) in [7, 11) is -4.25. The monoisotopic (exact) mass is 359 g/mol. The molecular weight excluding hydrogens is 347 g/mol. The topological polar surface area (TPSA) is 83.5 Å². The molecule has 0 radical (unpaired) electrons. The van der Waals surface area contributed by atoms with Crippen LogP contribution in [0.2, 0.25) is 0 Å². The Kier molecular flexibility index (Phi) is 4.57. The largest absolute Gasteiger partial charge is 0.478 e. The molecule has 0 spiro atoms. The molecule has 0 amide bonds. The van der Waals surface area contributed by atoms with Gasteiger partial charge in [0.25, 0.3) is 10.0 Å². The normalized spacial score (nSPS) is 12.0. The van der Waals surface area contributed by atoms with Crippen LogP contribution in [0.4, 0.5) is 18.9 Å². The third-order valence-corrected chi connectivity index (χ3v) is 4.55. The number of aromatic carboxylic acids is 1. The highest BCUT2D eigenvalue weighted by Crippen LogP contribution is 2.31. The molecular formula is C15H12F3NO4S. The molecule has 0 aliphatic carbocycles. The van der Waals surface area contributed by atoms with E-state index in [4.69, 9.17) is 5.11 Å². The van der Waals surface area contributed by atoms with Gasteiger partial charge in [-0.2, -0.15) is 13.2 Å². The van der Waals surface area contributed by atoms with Crippen molar-refractivity contribution in [1.82, 2.24) is 0 Å². The molecule has 0 aromatic heterocycles. The summed E-state index contributed by atoms with van der Waals surface area (Å²) in [5.74, 6) is -1.18. The van der Waals surface area contributed by atoms with E-state index in [1.165, 1.54) is 25.1 Å². The van der Waals surface area contributed by atoms with E-state index in [2.05, 4.69) is 4.72 Å². The van der Waals surface area contributed by atoms with Crippen LogP contribution in [0, 0.1) is 6.92 Å². The van der Waals surface area contributed by atoms with Gasteiger partial charge >= 0.3 is 12.1 Å². The van der Waals surface area contributed by atoms with Crippen molar-refractivity contribution >= 4 is 21.7 Å². The fraction of sp³-hybridized carbons (Fsp3) is 0.133. The van der Waals surface area contributed by atoms with E-state index in [1.54, 1.807) is 0 Å². The zero-order valence-corrected chi connectivity index (χ0v) is 13.1. The number of halogens is 3. The smallest absolute Gasteiger partial charge is 0.416 e. The number of aryl methyl sites for hydroxylation is 1. The van der Waals surface area contributed by atoms with Crippen molar-refractivity contribution in [1.29, 1.82) is 0 Å². The van der Waals surface area contributed by atoms with Crippen LogP contribution in [-0.4, -0.2) is 19.5 Å². The van der Waals surface area contributed by atoms with Gasteiger partial charge in [-0.15, -0.1) is 0 Å². The molecule has 0 heterocycles. The molecule has 0 saturated heterocycles. The van der Waals surface area contributed by atoms with Crippen LogP contribution in [0.5, 0.6) is 0 Å². The molecule has 0 bridgehead atoms. The average molecular weight is 359 g/mol. The van der Waals surface area contributed by atoms with Gasteiger partial charge in [0.1, 0.15) is 0 Å². The quantitative estimate of drug-likeness (QED) is 0.875. The van der Waals surface area contributed by atoms with E-state index in [0.29, 0.717) is 11.6 Å². The summed E-state index contributed by atoms with van der Waals surface area (Å²) in [4.78, 5) is 10.3. The Labute approximate surface area is 135 Å². The molecule has 24 heavy (non-hydrogen) atoms. The molecule has 0 aliphatic rings. The second-order valence-corrected chi connectivity index (χ2v) is 6.65.